The number of carbonyl (C=O) groups is 1. The zero-order valence-electron chi connectivity index (χ0n) is 15.7. The molecule has 0 saturated heterocycles. The molecule has 1 amide bonds. The molecule has 8 heteroatoms. The Morgan fingerprint density at radius 2 is 2.29 bits per heavy atom. The number of hydrogen-bond donors (Lipinski definition) is 0. The average molecular weight is 422 g/mol. The van der Waals surface area contributed by atoms with Gasteiger partial charge in [-0.1, -0.05) is 17.3 Å². The first-order valence-corrected chi connectivity index (χ1v) is 10.9. The molecule has 1 atom stereocenters. The Kier molecular flexibility index (Phi) is 6.68. The Morgan fingerprint density at radius 1 is 1.50 bits per heavy atom. The van der Waals surface area contributed by atoms with Gasteiger partial charge in [-0.3, -0.25) is 14.7 Å². The van der Waals surface area contributed by atoms with Crippen LogP contribution in [0.25, 0.3) is 10.6 Å². The van der Waals surface area contributed by atoms with Crippen molar-refractivity contribution in [3.63, 3.8) is 0 Å². The summed E-state index contributed by atoms with van der Waals surface area (Å²) >= 11 is 2.85. The highest BCUT2D eigenvalue weighted by atomic mass is 32.2. The molecule has 4 nitrogen and oxygen atoms in total. The number of hydrogen-bond acceptors (Lipinski definition) is 5. The quantitative estimate of drug-likeness (QED) is 0.460. The summed E-state index contributed by atoms with van der Waals surface area (Å²) in [6, 6.07) is 3.77. The van der Waals surface area contributed by atoms with Crippen LogP contribution in [-0.2, 0) is 4.79 Å². The van der Waals surface area contributed by atoms with Gasteiger partial charge in [0.1, 0.15) is 10.0 Å². The van der Waals surface area contributed by atoms with E-state index in [-0.39, 0.29) is 25.3 Å². The second-order valence-corrected chi connectivity index (χ2v) is 8.67. The van der Waals surface area contributed by atoms with E-state index in [0.29, 0.717) is 11.5 Å². The van der Waals surface area contributed by atoms with Gasteiger partial charge in [0.15, 0.2) is 0 Å². The Bertz CT molecular complexity index is 890. The topological polar surface area (TPSA) is 46.1 Å². The lowest BCUT2D eigenvalue weighted by atomic mass is 10.3. The third kappa shape index (κ3) is 5.09. The number of pyridine rings is 1. The predicted molar refractivity (Wildman–Crippen MR) is 111 cm³/mol. The van der Waals surface area contributed by atoms with Crippen molar-refractivity contribution >= 4 is 34.0 Å². The number of thioether (sulfide) groups is 1. The molecule has 0 radical (unpaired) electrons. The van der Waals surface area contributed by atoms with E-state index < -0.39 is 11.8 Å². The number of halogens is 2. The van der Waals surface area contributed by atoms with Crippen LogP contribution in [0.5, 0.6) is 0 Å². The first kappa shape index (κ1) is 20.7. The van der Waals surface area contributed by atoms with Gasteiger partial charge in [0.2, 0.25) is 5.91 Å². The van der Waals surface area contributed by atoms with E-state index in [2.05, 4.69) is 21.8 Å². The van der Waals surface area contributed by atoms with Crippen LogP contribution in [0.1, 0.15) is 25.5 Å². The van der Waals surface area contributed by atoms with Crippen LogP contribution >= 0.6 is 23.1 Å². The summed E-state index contributed by atoms with van der Waals surface area (Å²) in [5.74, 6) is 3.60. The van der Waals surface area contributed by atoms with Crippen molar-refractivity contribution in [1.82, 2.24) is 9.97 Å². The lowest BCUT2D eigenvalue weighted by Crippen LogP contribution is -2.31. The van der Waals surface area contributed by atoms with E-state index in [1.807, 2.05) is 19.1 Å². The van der Waals surface area contributed by atoms with Crippen LogP contribution in [-0.4, -0.2) is 39.8 Å². The minimum Gasteiger partial charge on any atom is -0.290 e. The molecule has 1 saturated carbocycles. The molecule has 2 aromatic heterocycles. The van der Waals surface area contributed by atoms with Crippen molar-refractivity contribution in [2.75, 3.05) is 23.0 Å². The average Bonchev–Trinajstić information content (AvgIpc) is 3.11. The van der Waals surface area contributed by atoms with Gasteiger partial charge in [-0.05, 0) is 26.0 Å². The Hall–Kier alpha value is -1.98. The van der Waals surface area contributed by atoms with Gasteiger partial charge in [-0.15, -0.1) is 5.92 Å². The normalized spacial score (nSPS) is 16.9. The van der Waals surface area contributed by atoms with Crippen LogP contribution < -0.4 is 4.90 Å². The molecule has 0 spiro atoms. The fraction of sp³-hybridized carbons (Fsp3) is 0.450. The van der Waals surface area contributed by atoms with E-state index in [1.54, 1.807) is 24.2 Å². The maximum Gasteiger partial charge on any atom is 0.252 e. The fourth-order valence-corrected chi connectivity index (χ4v) is 4.86. The second-order valence-electron chi connectivity index (χ2n) is 6.54. The molecule has 1 aliphatic rings. The van der Waals surface area contributed by atoms with Crippen LogP contribution in [0.15, 0.2) is 24.5 Å². The second kappa shape index (κ2) is 9.01. The number of rotatable bonds is 8. The van der Waals surface area contributed by atoms with Crippen molar-refractivity contribution in [3.8, 4) is 22.4 Å². The number of carbonyl (C=O) groups excluding carboxylic acids is 1. The number of thiazole rings is 1. The monoisotopic (exact) mass is 421 g/mol. The molecule has 3 rings (SSSR count). The third-order valence-electron chi connectivity index (χ3n) is 4.38. The van der Waals surface area contributed by atoms with Crippen LogP contribution in [0.3, 0.4) is 0 Å². The molecule has 1 unspecified atom stereocenters. The Labute approximate surface area is 171 Å². The van der Waals surface area contributed by atoms with Crippen LogP contribution in [0.4, 0.5) is 13.8 Å². The molecule has 28 heavy (non-hydrogen) atoms. The number of amides is 1. The number of aryl methyl sites for hydroxylation is 1. The molecule has 1 fully saturated rings. The molecule has 0 aliphatic heterocycles. The summed E-state index contributed by atoms with van der Waals surface area (Å²) < 4.78 is 25.9. The first-order valence-electron chi connectivity index (χ1n) is 8.95. The van der Waals surface area contributed by atoms with E-state index >= 15 is 0 Å². The largest absolute Gasteiger partial charge is 0.290 e. The fourth-order valence-electron chi connectivity index (χ4n) is 2.65. The van der Waals surface area contributed by atoms with Gasteiger partial charge in [-0.2, -0.15) is 11.8 Å². The van der Waals surface area contributed by atoms with Crippen LogP contribution in [0.2, 0.25) is 0 Å². The van der Waals surface area contributed by atoms with Crippen molar-refractivity contribution < 1.29 is 13.6 Å². The lowest BCUT2D eigenvalue weighted by molar-refractivity contribution is -0.118. The SMILES string of the molecule is CC#CCN(C(=O)CCSCC1CC1(F)F)c1sc(-c2cccnc2)nc1C. The van der Waals surface area contributed by atoms with Crippen LogP contribution in [0, 0.1) is 24.7 Å². The minimum atomic E-state index is -2.50. The van der Waals surface area contributed by atoms with Crippen molar-refractivity contribution in [2.24, 2.45) is 5.92 Å². The summed E-state index contributed by atoms with van der Waals surface area (Å²) in [6.07, 6.45) is 3.70. The summed E-state index contributed by atoms with van der Waals surface area (Å²) in [5, 5.41) is 1.57. The highest BCUT2D eigenvalue weighted by molar-refractivity contribution is 7.99. The molecular weight excluding hydrogens is 400 g/mol. The Morgan fingerprint density at radius 3 is 2.93 bits per heavy atom. The third-order valence-corrected chi connectivity index (χ3v) is 6.74. The molecular formula is C20H21F2N3OS2. The molecule has 1 aliphatic carbocycles. The van der Waals surface area contributed by atoms with Gasteiger partial charge in [0.25, 0.3) is 5.92 Å². The molecule has 2 aromatic rings. The van der Waals surface area contributed by atoms with E-state index in [4.69, 9.17) is 0 Å². The molecule has 2 heterocycles. The van der Waals surface area contributed by atoms with Crippen molar-refractivity contribution in [2.45, 2.75) is 32.6 Å². The molecule has 148 valence electrons. The molecule has 0 aromatic carbocycles. The maximum absolute atomic E-state index is 12.9. The summed E-state index contributed by atoms with van der Waals surface area (Å²) in [6.45, 7) is 3.89. The number of aromatic nitrogens is 2. The van der Waals surface area contributed by atoms with Gasteiger partial charge in [-0.25, -0.2) is 13.8 Å². The zero-order valence-corrected chi connectivity index (χ0v) is 17.4. The summed E-state index contributed by atoms with van der Waals surface area (Å²) in [7, 11) is 0. The van der Waals surface area contributed by atoms with Gasteiger partial charge in [0.05, 0.1) is 12.2 Å². The maximum atomic E-state index is 12.9. The van der Waals surface area contributed by atoms with Gasteiger partial charge in [0, 0.05) is 48.2 Å². The lowest BCUT2D eigenvalue weighted by Gasteiger charge is -2.19. The van der Waals surface area contributed by atoms with Gasteiger partial charge < -0.3 is 0 Å². The number of anilines is 1. The first-order chi connectivity index (χ1) is 13.4. The Balaban J connectivity index is 1.66. The van der Waals surface area contributed by atoms with Gasteiger partial charge >= 0.3 is 0 Å². The van der Waals surface area contributed by atoms with Crippen molar-refractivity contribution in [1.29, 1.82) is 0 Å². The van der Waals surface area contributed by atoms with E-state index in [1.165, 1.54) is 23.1 Å². The van der Waals surface area contributed by atoms with E-state index in [0.717, 1.165) is 21.3 Å². The number of nitrogens with zero attached hydrogens (tertiary/aromatic N) is 3. The highest BCUT2D eigenvalue weighted by Gasteiger charge is 2.56. The smallest absolute Gasteiger partial charge is 0.252 e. The molecule has 0 bridgehead atoms. The minimum absolute atomic E-state index is 0.0245. The van der Waals surface area contributed by atoms with E-state index in [9.17, 15) is 13.6 Å². The predicted octanol–water partition coefficient (Wildman–Crippen LogP) is 4.65. The summed E-state index contributed by atoms with van der Waals surface area (Å²) in [5.41, 5.74) is 1.66. The molecule has 0 N–H and O–H groups in total. The standard InChI is InChI=1S/C20H21F2N3OS2/c1-3-4-9-25(17(26)7-10-27-13-16-11-20(16,21)22)19-14(2)24-18(28-19)15-6-5-8-23-12-15/h5-6,8,12,16H,7,9-11,13H2,1-2H3. The summed E-state index contributed by atoms with van der Waals surface area (Å²) in [4.78, 5) is 23.1. The number of alkyl halides is 2. The van der Waals surface area contributed by atoms with Crippen molar-refractivity contribution in [3.05, 3.63) is 30.2 Å². The highest BCUT2D eigenvalue weighted by Crippen LogP contribution is 2.50. The zero-order chi connectivity index (χ0) is 20.1.